The van der Waals surface area contributed by atoms with Crippen LogP contribution in [0.4, 0.5) is 0 Å². The molecule has 0 aromatic carbocycles. The Balaban J connectivity index is 2.08. The van der Waals surface area contributed by atoms with Crippen molar-refractivity contribution in [3.05, 3.63) is 30.1 Å². The molecule has 0 radical (unpaired) electrons. The van der Waals surface area contributed by atoms with E-state index >= 15 is 0 Å². The number of aryl methyl sites for hydroxylation is 1. The molecule has 3 heteroatoms. The minimum atomic E-state index is 0.562. The van der Waals surface area contributed by atoms with Gasteiger partial charge in [0, 0.05) is 25.0 Å². The number of hydrogen-bond donors (Lipinski definition) is 1. The van der Waals surface area contributed by atoms with E-state index in [9.17, 15) is 0 Å². The fourth-order valence-corrected chi connectivity index (χ4v) is 1.80. The predicted molar refractivity (Wildman–Crippen MR) is 68.6 cm³/mol. The van der Waals surface area contributed by atoms with Gasteiger partial charge in [-0.25, -0.2) is 0 Å². The van der Waals surface area contributed by atoms with E-state index in [4.69, 9.17) is 0 Å². The van der Waals surface area contributed by atoms with Gasteiger partial charge in [0.2, 0.25) is 0 Å². The fraction of sp³-hybridized carbons (Fsp3) is 0.615. The molecule has 16 heavy (non-hydrogen) atoms. The number of rotatable bonds is 7. The maximum Gasteiger partial charge on any atom is 0.0270 e. The summed E-state index contributed by atoms with van der Waals surface area (Å²) in [6.45, 7) is 4.40. The maximum absolute atomic E-state index is 4.01. The van der Waals surface area contributed by atoms with E-state index in [1.165, 1.54) is 12.0 Å². The Kier molecular flexibility index (Phi) is 6.04. The third-order valence-corrected chi connectivity index (χ3v) is 2.52. The lowest BCUT2D eigenvalue weighted by Gasteiger charge is -2.18. The molecule has 1 rings (SSSR count). The van der Waals surface area contributed by atoms with Crippen LogP contribution >= 0.6 is 0 Å². The van der Waals surface area contributed by atoms with E-state index in [2.05, 4.69) is 48.4 Å². The molecule has 0 saturated heterocycles. The summed E-state index contributed by atoms with van der Waals surface area (Å²) >= 11 is 0. The van der Waals surface area contributed by atoms with E-state index in [0.29, 0.717) is 6.04 Å². The van der Waals surface area contributed by atoms with Crippen molar-refractivity contribution in [2.75, 3.05) is 27.2 Å². The van der Waals surface area contributed by atoms with Gasteiger partial charge in [-0.3, -0.25) is 4.98 Å². The summed E-state index contributed by atoms with van der Waals surface area (Å²) in [5.41, 5.74) is 1.37. The Morgan fingerprint density at radius 1 is 1.31 bits per heavy atom. The van der Waals surface area contributed by atoms with Crippen LogP contribution in [-0.2, 0) is 6.42 Å². The summed E-state index contributed by atoms with van der Waals surface area (Å²) in [4.78, 5) is 6.22. The molecule has 0 aliphatic rings. The second-order valence-electron chi connectivity index (χ2n) is 4.58. The highest BCUT2D eigenvalue weighted by Crippen LogP contribution is 2.00. The Morgan fingerprint density at radius 2 is 2.00 bits per heavy atom. The number of aromatic nitrogens is 1. The molecule has 0 fully saturated rings. The Morgan fingerprint density at radius 3 is 2.62 bits per heavy atom. The Bertz CT molecular complexity index is 272. The molecule has 0 spiro atoms. The Labute approximate surface area is 98.9 Å². The highest BCUT2D eigenvalue weighted by molar-refractivity contribution is 5.09. The molecule has 0 bridgehead atoms. The predicted octanol–water partition coefficient (Wildman–Crippen LogP) is 1.55. The molecule has 1 heterocycles. The van der Waals surface area contributed by atoms with Gasteiger partial charge in [-0.05, 0) is 58.1 Å². The summed E-state index contributed by atoms with van der Waals surface area (Å²) in [7, 11) is 4.21. The van der Waals surface area contributed by atoms with Crippen molar-refractivity contribution in [1.29, 1.82) is 0 Å². The molecule has 90 valence electrons. The van der Waals surface area contributed by atoms with Gasteiger partial charge < -0.3 is 10.2 Å². The van der Waals surface area contributed by atoms with Crippen LogP contribution < -0.4 is 5.32 Å². The van der Waals surface area contributed by atoms with Crippen LogP contribution in [-0.4, -0.2) is 43.1 Å². The SMILES string of the molecule is CC(CN(C)C)NCCCc1ccncc1. The van der Waals surface area contributed by atoms with Crippen molar-refractivity contribution < 1.29 is 0 Å². The second kappa shape index (κ2) is 7.36. The van der Waals surface area contributed by atoms with E-state index in [1.807, 2.05) is 12.4 Å². The largest absolute Gasteiger partial charge is 0.313 e. The number of hydrogen-bond acceptors (Lipinski definition) is 3. The zero-order chi connectivity index (χ0) is 11.8. The van der Waals surface area contributed by atoms with Crippen molar-refractivity contribution in [1.82, 2.24) is 15.2 Å². The van der Waals surface area contributed by atoms with Crippen molar-refractivity contribution in [3.8, 4) is 0 Å². The zero-order valence-electron chi connectivity index (χ0n) is 10.6. The molecular formula is C13H23N3. The molecule has 0 saturated carbocycles. The number of nitrogens with one attached hydrogen (secondary N) is 1. The average molecular weight is 221 g/mol. The summed E-state index contributed by atoms with van der Waals surface area (Å²) in [6.07, 6.45) is 6.03. The zero-order valence-corrected chi connectivity index (χ0v) is 10.6. The quantitative estimate of drug-likeness (QED) is 0.708. The lowest BCUT2D eigenvalue weighted by atomic mass is 10.1. The second-order valence-corrected chi connectivity index (χ2v) is 4.58. The molecular weight excluding hydrogens is 198 g/mol. The number of nitrogens with zero attached hydrogens (tertiary/aromatic N) is 2. The van der Waals surface area contributed by atoms with Crippen molar-refractivity contribution >= 4 is 0 Å². The van der Waals surface area contributed by atoms with Crippen molar-refractivity contribution in [3.63, 3.8) is 0 Å². The molecule has 1 atom stereocenters. The van der Waals surface area contributed by atoms with Gasteiger partial charge >= 0.3 is 0 Å². The third kappa shape index (κ3) is 5.83. The smallest absolute Gasteiger partial charge is 0.0270 e. The first kappa shape index (κ1) is 13.1. The van der Waals surface area contributed by atoms with Gasteiger partial charge in [-0.15, -0.1) is 0 Å². The third-order valence-electron chi connectivity index (χ3n) is 2.52. The normalized spacial score (nSPS) is 13.0. The van der Waals surface area contributed by atoms with E-state index < -0.39 is 0 Å². The molecule has 1 aromatic heterocycles. The van der Waals surface area contributed by atoms with Gasteiger partial charge in [0.05, 0.1) is 0 Å². The molecule has 0 aliphatic heterocycles. The van der Waals surface area contributed by atoms with Crippen LogP contribution in [0.5, 0.6) is 0 Å². The van der Waals surface area contributed by atoms with Crippen LogP contribution in [0.1, 0.15) is 18.9 Å². The maximum atomic E-state index is 4.01. The monoisotopic (exact) mass is 221 g/mol. The summed E-state index contributed by atoms with van der Waals surface area (Å²) in [6, 6.07) is 4.74. The van der Waals surface area contributed by atoms with Crippen LogP contribution in [0.2, 0.25) is 0 Å². The molecule has 1 unspecified atom stereocenters. The standard InChI is InChI=1S/C13H23N3/c1-12(11-16(2)3)15-8-4-5-13-6-9-14-10-7-13/h6-7,9-10,12,15H,4-5,8,11H2,1-3H3. The van der Waals surface area contributed by atoms with Crippen LogP contribution in [0.15, 0.2) is 24.5 Å². The van der Waals surface area contributed by atoms with Crippen molar-refractivity contribution in [2.45, 2.75) is 25.8 Å². The summed E-state index contributed by atoms with van der Waals surface area (Å²) in [5.74, 6) is 0. The van der Waals surface area contributed by atoms with Crippen molar-refractivity contribution in [2.24, 2.45) is 0 Å². The number of pyridine rings is 1. The van der Waals surface area contributed by atoms with E-state index in [0.717, 1.165) is 19.5 Å². The van der Waals surface area contributed by atoms with Gasteiger partial charge in [-0.1, -0.05) is 0 Å². The van der Waals surface area contributed by atoms with Gasteiger partial charge in [0.15, 0.2) is 0 Å². The number of likely N-dealkylation sites (N-methyl/N-ethyl adjacent to an activating group) is 1. The average Bonchev–Trinajstić information content (AvgIpc) is 2.25. The summed E-state index contributed by atoms with van der Waals surface area (Å²) < 4.78 is 0. The lowest BCUT2D eigenvalue weighted by Crippen LogP contribution is -2.36. The first-order valence-electron chi connectivity index (χ1n) is 5.95. The van der Waals surface area contributed by atoms with Gasteiger partial charge in [-0.2, -0.15) is 0 Å². The minimum absolute atomic E-state index is 0.562. The van der Waals surface area contributed by atoms with E-state index in [1.54, 1.807) is 0 Å². The van der Waals surface area contributed by atoms with Crippen LogP contribution in [0, 0.1) is 0 Å². The van der Waals surface area contributed by atoms with Crippen LogP contribution in [0.25, 0.3) is 0 Å². The Hall–Kier alpha value is -0.930. The highest BCUT2D eigenvalue weighted by atomic mass is 15.1. The van der Waals surface area contributed by atoms with Gasteiger partial charge in [0.1, 0.15) is 0 Å². The topological polar surface area (TPSA) is 28.2 Å². The first-order valence-corrected chi connectivity index (χ1v) is 5.95. The van der Waals surface area contributed by atoms with Crippen LogP contribution in [0.3, 0.4) is 0 Å². The highest BCUT2D eigenvalue weighted by Gasteiger charge is 2.01. The molecule has 3 nitrogen and oxygen atoms in total. The molecule has 0 amide bonds. The minimum Gasteiger partial charge on any atom is -0.313 e. The molecule has 1 aromatic rings. The molecule has 0 aliphatic carbocycles. The first-order chi connectivity index (χ1) is 7.68. The lowest BCUT2D eigenvalue weighted by molar-refractivity contribution is 0.349. The summed E-state index contributed by atoms with van der Waals surface area (Å²) in [5, 5.41) is 3.53. The molecule has 1 N–H and O–H groups in total. The fourth-order valence-electron chi connectivity index (χ4n) is 1.80. The van der Waals surface area contributed by atoms with Gasteiger partial charge in [0.25, 0.3) is 0 Å². The van der Waals surface area contributed by atoms with E-state index in [-0.39, 0.29) is 0 Å².